The van der Waals surface area contributed by atoms with Gasteiger partial charge in [0.15, 0.2) is 5.43 Å². The van der Waals surface area contributed by atoms with Crippen LogP contribution in [0.25, 0.3) is 10.9 Å². The molecule has 136 valence electrons. The fourth-order valence-corrected chi connectivity index (χ4v) is 3.10. The smallest absolute Gasteiger partial charge is 0.191 e. The molecule has 0 saturated carbocycles. The van der Waals surface area contributed by atoms with Gasteiger partial charge in [0.2, 0.25) is 0 Å². The molecule has 0 aliphatic heterocycles. The molecule has 26 heavy (non-hydrogen) atoms. The van der Waals surface area contributed by atoms with Crippen LogP contribution in [0.2, 0.25) is 10.0 Å². The Hall–Kier alpha value is -2.01. The lowest BCUT2D eigenvalue weighted by atomic mass is 10.1. The maximum absolute atomic E-state index is 12.2. The van der Waals surface area contributed by atoms with Gasteiger partial charge in [-0.15, -0.1) is 0 Å². The van der Waals surface area contributed by atoms with Crippen LogP contribution in [0.3, 0.4) is 0 Å². The molecule has 0 atom stereocenters. The lowest BCUT2D eigenvalue weighted by molar-refractivity contribution is 0.663. The molecule has 0 bridgehead atoms. The van der Waals surface area contributed by atoms with Gasteiger partial charge in [-0.25, -0.2) is 0 Å². The average Bonchev–Trinajstić information content (AvgIpc) is 2.61. The Morgan fingerprint density at radius 2 is 1.85 bits per heavy atom. The van der Waals surface area contributed by atoms with Crippen molar-refractivity contribution in [2.75, 3.05) is 18.4 Å². The van der Waals surface area contributed by atoms with E-state index in [0.29, 0.717) is 10.0 Å². The molecular formula is C20H21Cl2N3O. The van der Waals surface area contributed by atoms with Crippen LogP contribution in [0.1, 0.15) is 17.5 Å². The van der Waals surface area contributed by atoms with Crippen molar-refractivity contribution in [2.45, 2.75) is 19.9 Å². The molecule has 2 aromatic carbocycles. The number of rotatable bonds is 7. The first kappa shape index (κ1) is 18.8. The topological polar surface area (TPSA) is 56.9 Å². The second-order valence-electron chi connectivity index (χ2n) is 6.30. The molecule has 1 aromatic heterocycles. The molecular weight excluding hydrogens is 369 g/mol. The highest BCUT2D eigenvalue weighted by Gasteiger charge is 2.02. The fourth-order valence-electron chi connectivity index (χ4n) is 2.77. The first-order chi connectivity index (χ1) is 12.5. The first-order valence-corrected chi connectivity index (χ1v) is 9.31. The van der Waals surface area contributed by atoms with Crippen LogP contribution in [0.4, 0.5) is 5.82 Å². The number of aromatic amines is 1. The van der Waals surface area contributed by atoms with Gasteiger partial charge in [-0.3, -0.25) is 4.79 Å². The molecule has 0 aliphatic carbocycles. The highest BCUT2D eigenvalue weighted by atomic mass is 35.5. The van der Waals surface area contributed by atoms with Crippen LogP contribution in [0.15, 0.2) is 47.3 Å². The van der Waals surface area contributed by atoms with Crippen LogP contribution < -0.4 is 16.1 Å². The number of fused-ring (bicyclic) bond motifs is 1. The predicted molar refractivity (Wildman–Crippen MR) is 111 cm³/mol. The fraction of sp³-hybridized carbons (Fsp3) is 0.250. The van der Waals surface area contributed by atoms with E-state index < -0.39 is 0 Å². The Bertz CT molecular complexity index is 969. The van der Waals surface area contributed by atoms with Crippen molar-refractivity contribution in [3.05, 3.63) is 73.9 Å². The Morgan fingerprint density at radius 1 is 1.00 bits per heavy atom. The highest BCUT2D eigenvalue weighted by Crippen LogP contribution is 2.22. The lowest BCUT2D eigenvalue weighted by Crippen LogP contribution is -2.18. The van der Waals surface area contributed by atoms with E-state index in [1.54, 1.807) is 12.1 Å². The Balaban J connectivity index is 1.46. The number of halogens is 2. The van der Waals surface area contributed by atoms with E-state index >= 15 is 0 Å². The molecule has 0 unspecified atom stereocenters. The molecule has 0 fully saturated rings. The van der Waals surface area contributed by atoms with Crippen LogP contribution in [-0.4, -0.2) is 18.1 Å². The van der Waals surface area contributed by atoms with E-state index in [2.05, 4.69) is 15.6 Å². The largest absolute Gasteiger partial charge is 0.371 e. The van der Waals surface area contributed by atoms with Crippen LogP contribution in [0, 0.1) is 6.92 Å². The van der Waals surface area contributed by atoms with E-state index in [4.69, 9.17) is 23.2 Å². The SMILES string of the molecule is Cc1ccc2[nH]c(NCCCNCc3ccc(Cl)c(Cl)c3)cc(=O)c2c1. The maximum Gasteiger partial charge on any atom is 0.191 e. The van der Waals surface area contributed by atoms with Crippen LogP contribution >= 0.6 is 23.2 Å². The number of nitrogens with one attached hydrogen (secondary N) is 3. The lowest BCUT2D eigenvalue weighted by Gasteiger charge is -2.09. The van der Waals surface area contributed by atoms with Crippen molar-refractivity contribution in [1.29, 1.82) is 0 Å². The summed E-state index contributed by atoms with van der Waals surface area (Å²) < 4.78 is 0. The number of aromatic nitrogens is 1. The molecule has 4 nitrogen and oxygen atoms in total. The second-order valence-corrected chi connectivity index (χ2v) is 7.12. The van der Waals surface area contributed by atoms with Gasteiger partial charge in [0, 0.05) is 24.5 Å². The summed E-state index contributed by atoms with van der Waals surface area (Å²) >= 11 is 11.9. The number of H-pyrrole nitrogens is 1. The van der Waals surface area contributed by atoms with Gasteiger partial charge in [-0.05, 0) is 49.7 Å². The molecule has 0 radical (unpaired) electrons. The van der Waals surface area contributed by atoms with Gasteiger partial charge < -0.3 is 15.6 Å². The van der Waals surface area contributed by atoms with E-state index in [1.807, 2.05) is 37.3 Å². The van der Waals surface area contributed by atoms with Crippen molar-refractivity contribution in [2.24, 2.45) is 0 Å². The summed E-state index contributed by atoms with van der Waals surface area (Å²) in [5.41, 5.74) is 3.06. The second kappa shape index (κ2) is 8.58. The van der Waals surface area contributed by atoms with Crippen molar-refractivity contribution < 1.29 is 0 Å². The highest BCUT2D eigenvalue weighted by molar-refractivity contribution is 6.42. The summed E-state index contributed by atoms with van der Waals surface area (Å²) in [6.45, 7) is 4.34. The third-order valence-electron chi connectivity index (χ3n) is 4.14. The van der Waals surface area contributed by atoms with Crippen LogP contribution in [-0.2, 0) is 6.54 Å². The van der Waals surface area contributed by atoms with Gasteiger partial charge in [0.25, 0.3) is 0 Å². The average molecular weight is 390 g/mol. The Kier molecular flexibility index (Phi) is 6.20. The van der Waals surface area contributed by atoms with Crippen LogP contribution in [0.5, 0.6) is 0 Å². The van der Waals surface area contributed by atoms with E-state index in [9.17, 15) is 4.79 Å². The number of aryl methyl sites for hydroxylation is 1. The van der Waals surface area contributed by atoms with E-state index in [1.165, 1.54) is 0 Å². The molecule has 3 rings (SSSR count). The quantitative estimate of drug-likeness (QED) is 0.511. The summed E-state index contributed by atoms with van der Waals surface area (Å²) in [6.07, 6.45) is 0.926. The van der Waals surface area contributed by atoms with Gasteiger partial charge in [-0.2, -0.15) is 0 Å². The summed E-state index contributed by atoms with van der Waals surface area (Å²) in [4.78, 5) is 15.5. The summed E-state index contributed by atoms with van der Waals surface area (Å²) in [5, 5.41) is 8.50. The van der Waals surface area contributed by atoms with E-state index in [0.717, 1.165) is 53.9 Å². The minimum absolute atomic E-state index is 0.0303. The number of hydrogen-bond donors (Lipinski definition) is 3. The zero-order valence-electron chi connectivity index (χ0n) is 14.5. The summed E-state index contributed by atoms with van der Waals surface area (Å²) in [5.74, 6) is 0.746. The minimum atomic E-state index is 0.0303. The molecule has 3 N–H and O–H groups in total. The number of pyridine rings is 1. The predicted octanol–water partition coefficient (Wildman–Crippen LogP) is 4.74. The molecule has 0 spiro atoms. The number of hydrogen-bond acceptors (Lipinski definition) is 3. The maximum atomic E-state index is 12.2. The zero-order valence-corrected chi connectivity index (χ0v) is 16.0. The van der Waals surface area contributed by atoms with E-state index in [-0.39, 0.29) is 5.43 Å². The normalized spacial score (nSPS) is 11.0. The van der Waals surface area contributed by atoms with Crippen molar-refractivity contribution in [3.63, 3.8) is 0 Å². The standard InChI is InChI=1S/C20H21Cl2N3O/c1-13-3-6-18-15(9-13)19(26)11-20(25-18)24-8-2-7-23-12-14-4-5-16(21)17(22)10-14/h3-6,9-11,23H,2,7-8,12H2,1H3,(H2,24,25,26). The summed E-state index contributed by atoms with van der Waals surface area (Å²) in [7, 11) is 0. The van der Waals surface area contributed by atoms with Gasteiger partial charge in [0.05, 0.1) is 15.6 Å². The van der Waals surface area contributed by atoms with Gasteiger partial charge >= 0.3 is 0 Å². The molecule has 6 heteroatoms. The van der Waals surface area contributed by atoms with Crippen molar-refractivity contribution in [3.8, 4) is 0 Å². The molecule has 1 heterocycles. The molecule has 3 aromatic rings. The molecule has 0 amide bonds. The summed E-state index contributed by atoms with van der Waals surface area (Å²) in [6, 6.07) is 13.1. The minimum Gasteiger partial charge on any atom is -0.371 e. The van der Waals surface area contributed by atoms with Gasteiger partial charge in [-0.1, -0.05) is 40.9 Å². The monoisotopic (exact) mass is 389 g/mol. The van der Waals surface area contributed by atoms with Crippen molar-refractivity contribution >= 4 is 39.9 Å². The number of anilines is 1. The first-order valence-electron chi connectivity index (χ1n) is 8.55. The number of benzene rings is 2. The van der Waals surface area contributed by atoms with Crippen molar-refractivity contribution in [1.82, 2.24) is 10.3 Å². The third kappa shape index (κ3) is 4.79. The Labute approximate surface area is 162 Å². The Morgan fingerprint density at radius 3 is 2.65 bits per heavy atom. The third-order valence-corrected chi connectivity index (χ3v) is 4.88. The molecule has 0 saturated heterocycles. The molecule has 0 aliphatic rings. The zero-order chi connectivity index (χ0) is 18.5. The van der Waals surface area contributed by atoms with Gasteiger partial charge in [0.1, 0.15) is 5.82 Å².